The van der Waals surface area contributed by atoms with Crippen LogP contribution in [0.3, 0.4) is 0 Å². The summed E-state index contributed by atoms with van der Waals surface area (Å²) < 4.78 is 0. The van der Waals surface area contributed by atoms with Crippen molar-refractivity contribution in [1.82, 2.24) is 4.98 Å². The lowest BCUT2D eigenvalue weighted by molar-refractivity contribution is -0.121. The molecule has 18 heavy (non-hydrogen) atoms. The standard InChI is InChI=1S/C14H20N2OS/c1-9-3-2-4-11(7-9)13(17)16-14-15-12(8-18-14)10-5-6-10/h8-11H,2-7H2,1H3,(H,15,16,17)/t9-,11-/m0/s1. The number of carbonyl (C=O) groups is 1. The maximum Gasteiger partial charge on any atom is 0.229 e. The van der Waals surface area contributed by atoms with Crippen molar-refractivity contribution >= 4 is 22.4 Å². The Kier molecular flexibility index (Phi) is 3.37. The first-order chi connectivity index (χ1) is 8.72. The molecule has 0 aromatic carbocycles. The Labute approximate surface area is 112 Å². The van der Waals surface area contributed by atoms with Gasteiger partial charge in [-0.3, -0.25) is 4.79 Å². The molecule has 1 heterocycles. The number of anilines is 1. The average Bonchev–Trinajstić information content (AvgIpc) is 3.11. The number of nitrogens with one attached hydrogen (secondary N) is 1. The maximum atomic E-state index is 12.2. The first-order valence-corrected chi connectivity index (χ1v) is 7.86. The number of carbonyl (C=O) groups excluding carboxylic acids is 1. The topological polar surface area (TPSA) is 42.0 Å². The molecule has 4 heteroatoms. The normalized spacial score (nSPS) is 28.1. The molecule has 2 aliphatic rings. The van der Waals surface area contributed by atoms with Crippen molar-refractivity contribution in [1.29, 1.82) is 0 Å². The van der Waals surface area contributed by atoms with Crippen molar-refractivity contribution in [3.05, 3.63) is 11.1 Å². The lowest BCUT2D eigenvalue weighted by Crippen LogP contribution is -2.27. The van der Waals surface area contributed by atoms with Gasteiger partial charge in [0.2, 0.25) is 5.91 Å². The molecule has 2 atom stereocenters. The van der Waals surface area contributed by atoms with Gasteiger partial charge < -0.3 is 5.32 Å². The quantitative estimate of drug-likeness (QED) is 0.902. The van der Waals surface area contributed by atoms with Gasteiger partial charge in [-0.2, -0.15) is 0 Å². The maximum absolute atomic E-state index is 12.2. The molecule has 2 saturated carbocycles. The van der Waals surface area contributed by atoms with Crippen LogP contribution in [0.2, 0.25) is 0 Å². The van der Waals surface area contributed by atoms with Crippen LogP contribution in [-0.2, 0) is 4.79 Å². The van der Waals surface area contributed by atoms with Gasteiger partial charge in [-0.05, 0) is 31.6 Å². The van der Waals surface area contributed by atoms with Crippen molar-refractivity contribution in [2.24, 2.45) is 11.8 Å². The van der Waals surface area contributed by atoms with Gasteiger partial charge in [0.25, 0.3) is 0 Å². The molecule has 0 radical (unpaired) electrons. The molecule has 0 unspecified atom stereocenters. The van der Waals surface area contributed by atoms with E-state index < -0.39 is 0 Å². The molecule has 1 aromatic rings. The van der Waals surface area contributed by atoms with Gasteiger partial charge in [0.15, 0.2) is 5.13 Å². The van der Waals surface area contributed by atoms with Crippen molar-refractivity contribution in [3.63, 3.8) is 0 Å². The summed E-state index contributed by atoms with van der Waals surface area (Å²) in [6, 6.07) is 0. The Morgan fingerprint density at radius 3 is 2.94 bits per heavy atom. The molecule has 0 saturated heterocycles. The zero-order valence-electron chi connectivity index (χ0n) is 10.8. The molecule has 3 nitrogen and oxygen atoms in total. The van der Waals surface area contributed by atoms with Crippen LogP contribution in [0.15, 0.2) is 5.38 Å². The number of rotatable bonds is 3. The van der Waals surface area contributed by atoms with E-state index in [-0.39, 0.29) is 11.8 Å². The summed E-state index contributed by atoms with van der Waals surface area (Å²) in [4.78, 5) is 16.7. The minimum absolute atomic E-state index is 0.179. The Morgan fingerprint density at radius 2 is 2.22 bits per heavy atom. The summed E-state index contributed by atoms with van der Waals surface area (Å²) in [5.74, 6) is 1.73. The van der Waals surface area contributed by atoms with E-state index in [0.29, 0.717) is 11.8 Å². The van der Waals surface area contributed by atoms with Gasteiger partial charge >= 0.3 is 0 Å². The zero-order chi connectivity index (χ0) is 12.5. The lowest BCUT2D eigenvalue weighted by atomic mass is 9.82. The summed E-state index contributed by atoms with van der Waals surface area (Å²) in [6.45, 7) is 2.24. The first-order valence-electron chi connectivity index (χ1n) is 6.98. The SMILES string of the molecule is C[C@H]1CCC[C@H](C(=O)Nc2nc(C3CC3)cs2)C1. The summed E-state index contributed by atoms with van der Waals surface area (Å²) in [6.07, 6.45) is 7.05. The second-order valence-electron chi connectivity index (χ2n) is 5.81. The van der Waals surface area contributed by atoms with Gasteiger partial charge in [-0.15, -0.1) is 11.3 Å². The third-order valence-electron chi connectivity index (χ3n) is 4.05. The number of hydrogen-bond donors (Lipinski definition) is 1. The second kappa shape index (κ2) is 5.00. The van der Waals surface area contributed by atoms with Gasteiger partial charge in [-0.25, -0.2) is 4.98 Å². The molecule has 1 aromatic heterocycles. The molecular formula is C14H20N2OS. The Morgan fingerprint density at radius 1 is 1.39 bits per heavy atom. The third kappa shape index (κ3) is 2.74. The molecule has 98 valence electrons. The summed E-state index contributed by atoms with van der Waals surface area (Å²) in [7, 11) is 0. The highest BCUT2D eigenvalue weighted by atomic mass is 32.1. The summed E-state index contributed by atoms with van der Waals surface area (Å²) in [5.41, 5.74) is 1.17. The Hall–Kier alpha value is -0.900. The van der Waals surface area contributed by atoms with Gasteiger partial charge in [0, 0.05) is 17.2 Å². The minimum atomic E-state index is 0.179. The molecule has 1 N–H and O–H groups in total. The van der Waals surface area contributed by atoms with E-state index in [4.69, 9.17) is 0 Å². The minimum Gasteiger partial charge on any atom is -0.302 e. The van der Waals surface area contributed by atoms with Crippen LogP contribution in [-0.4, -0.2) is 10.9 Å². The molecule has 0 spiro atoms. The van der Waals surface area contributed by atoms with E-state index >= 15 is 0 Å². The largest absolute Gasteiger partial charge is 0.302 e. The van der Waals surface area contributed by atoms with Gasteiger partial charge in [-0.1, -0.05) is 19.8 Å². The van der Waals surface area contributed by atoms with Crippen LogP contribution in [0.5, 0.6) is 0 Å². The average molecular weight is 264 g/mol. The molecule has 2 fully saturated rings. The number of thiazole rings is 1. The molecule has 0 bridgehead atoms. The number of hydrogen-bond acceptors (Lipinski definition) is 3. The van der Waals surface area contributed by atoms with E-state index in [1.54, 1.807) is 11.3 Å². The van der Waals surface area contributed by atoms with E-state index in [2.05, 4.69) is 22.6 Å². The molecule has 2 aliphatic carbocycles. The number of nitrogens with zero attached hydrogens (tertiary/aromatic N) is 1. The van der Waals surface area contributed by atoms with E-state index in [1.165, 1.54) is 31.4 Å². The fourth-order valence-corrected chi connectivity index (χ4v) is 3.59. The lowest BCUT2D eigenvalue weighted by Gasteiger charge is -2.25. The van der Waals surface area contributed by atoms with E-state index in [9.17, 15) is 4.79 Å². The van der Waals surface area contributed by atoms with E-state index in [0.717, 1.165) is 18.0 Å². The monoisotopic (exact) mass is 264 g/mol. The van der Waals surface area contributed by atoms with Crippen LogP contribution >= 0.6 is 11.3 Å². The number of amides is 1. The van der Waals surface area contributed by atoms with Crippen molar-refractivity contribution in [2.75, 3.05) is 5.32 Å². The van der Waals surface area contributed by atoms with Gasteiger partial charge in [0.1, 0.15) is 0 Å². The molecular weight excluding hydrogens is 244 g/mol. The molecule has 0 aliphatic heterocycles. The second-order valence-corrected chi connectivity index (χ2v) is 6.67. The summed E-state index contributed by atoms with van der Waals surface area (Å²) >= 11 is 1.57. The molecule has 3 rings (SSSR count). The molecule has 1 amide bonds. The van der Waals surface area contributed by atoms with Crippen LogP contribution < -0.4 is 5.32 Å². The predicted molar refractivity (Wildman–Crippen MR) is 73.8 cm³/mol. The fraction of sp³-hybridized carbons (Fsp3) is 0.714. The fourth-order valence-electron chi connectivity index (χ4n) is 2.79. The zero-order valence-corrected chi connectivity index (χ0v) is 11.6. The predicted octanol–water partition coefficient (Wildman–Crippen LogP) is 3.79. The van der Waals surface area contributed by atoms with Crippen molar-refractivity contribution < 1.29 is 4.79 Å². The van der Waals surface area contributed by atoms with Crippen LogP contribution in [0.4, 0.5) is 5.13 Å². The Balaban J connectivity index is 1.58. The van der Waals surface area contributed by atoms with Crippen LogP contribution in [0.25, 0.3) is 0 Å². The number of aromatic nitrogens is 1. The van der Waals surface area contributed by atoms with Gasteiger partial charge in [0.05, 0.1) is 5.69 Å². The summed E-state index contributed by atoms with van der Waals surface area (Å²) in [5, 5.41) is 5.89. The van der Waals surface area contributed by atoms with E-state index in [1.807, 2.05) is 0 Å². The van der Waals surface area contributed by atoms with Crippen molar-refractivity contribution in [2.45, 2.75) is 51.4 Å². The van der Waals surface area contributed by atoms with Crippen molar-refractivity contribution in [3.8, 4) is 0 Å². The highest BCUT2D eigenvalue weighted by Crippen LogP contribution is 2.41. The Bertz CT molecular complexity index is 439. The third-order valence-corrected chi connectivity index (χ3v) is 4.83. The first kappa shape index (κ1) is 12.2. The smallest absolute Gasteiger partial charge is 0.229 e. The highest BCUT2D eigenvalue weighted by molar-refractivity contribution is 7.13. The van der Waals surface area contributed by atoms with Crippen LogP contribution in [0.1, 0.15) is 57.1 Å². The van der Waals surface area contributed by atoms with Crippen LogP contribution in [0, 0.1) is 11.8 Å². The highest BCUT2D eigenvalue weighted by Gasteiger charge is 2.28.